The van der Waals surface area contributed by atoms with Crippen molar-refractivity contribution in [2.45, 2.75) is 18.3 Å². The van der Waals surface area contributed by atoms with Crippen molar-refractivity contribution in [3.05, 3.63) is 29.8 Å². The Bertz CT molecular complexity index is 501. The second kappa shape index (κ2) is 4.64. The third-order valence-corrected chi connectivity index (χ3v) is 4.64. The molecule has 0 unspecified atom stereocenters. The van der Waals surface area contributed by atoms with E-state index in [0.717, 1.165) is 0 Å². The first kappa shape index (κ1) is 12.3. The SMILES string of the molecule is Nc1cccc(CS(=O)(=O)N2CC[C@@H](O)C2)c1. The third-order valence-electron chi connectivity index (χ3n) is 2.82. The average molecular weight is 256 g/mol. The summed E-state index contributed by atoms with van der Waals surface area (Å²) in [6.07, 6.45) is -0.0264. The Morgan fingerprint density at radius 1 is 1.47 bits per heavy atom. The molecule has 0 amide bonds. The fraction of sp³-hybridized carbons (Fsp3) is 0.455. The lowest BCUT2D eigenvalue weighted by Crippen LogP contribution is -2.30. The predicted octanol–water partition coefficient (Wildman–Crippen LogP) is 0.165. The summed E-state index contributed by atoms with van der Waals surface area (Å²) in [5, 5.41) is 9.35. The maximum Gasteiger partial charge on any atom is 0.218 e. The van der Waals surface area contributed by atoms with Crippen LogP contribution in [0.15, 0.2) is 24.3 Å². The number of sulfonamides is 1. The average Bonchev–Trinajstić information content (AvgIpc) is 2.65. The van der Waals surface area contributed by atoms with Crippen LogP contribution < -0.4 is 5.73 Å². The maximum atomic E-state index is 12.0. The highest BCUT2D eigenvalue weighted by atomic mass is 32.2. The molecule has 1 aliphatic heterocycles. The monoisotopic (exact) mass is 256 g/mol. The molecule has 1 saturated heterocycles. The first-order chi connectivity index (χ1) is 7.97. The fourth-order valence-corrected chi connectivity index (χ4v) is 3.51. The third kappa shape index (κ3) is 2.96. The number of aliphatic hydroxyl groups is 1. The van der Waals surface area contributed by atoms with E-state index in [9.17, 15) is 13.5 Å². The van der Waals surface area contributed by atoms with Gasteiger partial charge in [-0.05, 0) is 24.1 Å². The van der Waals surface area contributed by atoms with Crippen molar-refractivity contribution in [1.29, 1.82) is 0 Å². The molecule has 0 saturated carbocycles. The summed E-state index contributed by atoms with van der Waals surface area (Å²) in [5.74, 6) is -0.0647. The Morgan fingerprint density at radius 3 is 2.82 bits per heavy atom. The summed E-state index contributed by atoms with van der Waals surface area (Å²) in [7, 11) is -3.34. The van der Waals surface area contributed by atoms with E-state index in [-0.39, 0.29) is 12.3 Å². The molecule has 0 spiro atoms. The Hall–Kier alpha value is -1.11. The molecule has 6 heteroatoms. The number of hydrogen-bond donors (Lipinski definition) is 2. The summed E-state index contributed by atoms with van der Waals surface area (Å²) >= 11 is 0. The second-order valence-corrected chi connectivity index (χ2v) is 6.27. The summed E-state index contributed by atoms with van der Waals surface area (Å²) in [6, 6.07) is 6.85. The van der Waals surface area contributed by atoms with Gasteiger partial charge in [0.05, 0.1) is 11.9 Å². The van der Waals surface area contributed by atoms with Crippen LogP contribution in [0.1, 0.15) is 12.0 Å². The van der Waals surface area contributed by atoms with Crippen LogP contribution in [-0.2, 0) is 15.8 Å². The molecule has 17 heavy (non-hydrogen) atoms. The van der Waals surface area contributed by atoms with Gasteiger partial charge < -0.3 is 10.8 Å². The van der Waals surface area contributed by atoms with Gasteiger partial charge in [-0.15, -0.1) is 0 Å². The lowest BCUT2D eigenvalue weighted by molar-refractivity contribution is 0.189. The summed E-state index contributed by atoms with van der Waals surface area (Å²) in [5.41, 5.74) is 6.83. The van der Waals surface area contributed by atoms with E-state index >= 15 is 0 Å². The maximum absolute atomic E-state index is 12.0. The molecule has 2 rings (SSSR count). The van der Waals surface area contributed by atoms with Gasteiger partial charge in [0.2, 0.25) is 10.0 Å². The van der Waals surface area contributed by atoms with Crippen molar-refractivity contribution < 1.29 is 13.5 Å². The number of anilines is 1. The number of hydrogen-bond acceptors (Lipinski definition) is 4. The Morgan fingerprint density at radius 2 is 2.24 bits per heavy atom. The molecule has 1 heterocycles. The summed E-state index contributed by atoms with van der Waals surface area (Å²) < 4.78 is 25.4. The molecule has 0 aromatic heterocycles. The van der Waals surface area contributed by atoms with Crippen molar-refractivity contribution in [2.24, 2.45) is 0 Å². The van der Waals surface area contributed by atoms with Crippen LogP contribution in [-0.4, -0.2) is 37.0 Å². The van der Waals surface area contributed by atoms with Gasteiger partial charge in [0, 0.05) is 18.8 Å². The molecule has 1 aliphatic rings. The first-order valence-corrected chi connectivity index (χ1v) is 7.08. The Balaban J connectivity index is 2.12. The molecule has 1 aromatic rings. The molecule has 3 N–H and O–H groups in total. The quantitative estimate of drug-likeness (QED) is 0.755. The number of nitrogens with two attached hydrogens (primary N) is 1. The van der Waals surface area contributed by atoms with Crippen LogP contribution in [0, 0.1) is 0 Å². The summed E-state index contributed by atoms with van der Waals surface area (Å²) in [6.45, 7) is 0.594. The van der Waals surface area contributed by atoms with Crippen molar-refractivity contribution in [2.75, 3.05) is 18.8 Å². The topological polar surface area (TPSA) is 83.6 Å². The molecular weight excluding hydrogens is 240 g/mol. The first-order valence-electron chi connectivity index (χ1n) is 5.48. The van der Waals surface area contributed by atoms with E-state index in [0.29, 0.717) is 24.2 Å². The molecule has 1 fully saturated rings. The van der Waals surface area contributed by atoms with Crippen molar-refractivity contribution in [3.63, 3.8) is 0 Å². The van der Waals surface area contributed by atoms with Gasteiger partial charge in [0.25, 0.3) is 0 Å². The molecule has 1 aromatic carbocycles. The molecule has 0 aliphatic carbocycles. The lowest BCUT2D eigenvalue weighted by atomic mass is 10.2. The Kier molecular flexibility index (Phi) is 3.37. The van der Waals surface area contributed by atoms with Gasteiger partial charge in [-0.25, -0.2) is 8.42 Å². The molecule has 94 valence electrons. The zero-order valence-electron chi connectivity index (χ0n) is 9.41. The van der Waals surface area contributed by atoms with Crippen molar-refractivity contribution >= 4 is 15.7 Å². The van der Waals surface area contributed by atoms with Crippen LogP contribution in [0.2, 0.25) is 0 Å². The number of nitrogen functional groups attached to an aromatic ring is 1. The number of β-amino-alcohol motifs (C(OH)–C–C–N with tert-alkyl or cyclic N) is 1. The molecule has 0 radical (unpaired) electrons. The van der Waals surface area contributed by atoms with Gasteiger partial charge in [-0.2, -0.15) is 4.31 Å². The fourth-order valence-electron chi connectivity index (χ4n) is 1.95. The minimum atomic E-state index is -3.34. The van der Waals surface area contributed by atoms with E-state index < -0.39 is 16.1 Å². The highest BCUT2D eigenvalue weighted by Gasteiger charge is 2.30. The van der Waals surface area contributed by atoms with Crippen molar-refractivity contribution in [3.8, 4) is 0 Å². The molecule has 1 atom stereocenters. The number of benzene rings is 1. The minimum absolute atomic E-state index is 0.0647. The van der Waals surface area contributed by atoms with Crippen LogP contribution in [0.3, 0.4) is 0 Å². The highest BCUT2D eigenvalue weighted by molar-refractivity contribution is 7.88. The van der Waals surface area contributed by atoms with Crippen LogP contribution in [0.5, 0.6) is 0 Å². The highest BCUT2D eigenvalue weighted by Crippen LogP contribution is 2.18. The van der Waals surface area contributed by atoms with Crippen LogP contribution in [0.4, 0.5) is 5.69 Å². The normalized spacial score (nSPS) is 21.8. The van der Waals surface area contributed by atoms with Gasteiger partial charge in [0.15, 0.2) is 0 Å². The number of aliphatic hydroxyl groups excluding tert-OH is 1. The standard InChI is InChI=1S/C11H16N2O3S/c12-10-3-1-2-9(6-10)8-17(15,16)13-5-4-11(14)7-13/h1-3,6,11,14H,4-5,7-8,12H2/t11-/m1/s1. The second-order valence-electron chi connectivity index (χ2n) is 4.30. The zero-order valence-corrected chi connectivity index (χ0v) is 10.2. The van der Waals surface area contributed by atoms with Gasteiger partial charge in [-0.3, -0.25) is 0 Å². The van der Waals surface area contributed by atoms with E-state index in [2.05, 4.69) is 0 Å². The predicted molar refractivity (Wildman–Crippen MR) is 65.7 cm³/mol. The van der Waals surface area contributed by atoms with E-state index in [1.54, 1.807) is 24.3 Å². The molecule has 5 nitrogen and oxygen atoms in total. The number of rotatable bonds is 3. The summed E-state index contributed by atoms with van der Waals surface area (Å²) in [4.78, 5) is 0. The number of nitrogens with zero attached hydrogens (tertiary/aromatic N) is 1. The molecule has 0 bridgehead atoms. The minimum Gasteiger partial charge on any atom is -0.399 e. The van der Waals surface area contributed by atoms with Crippen molar-refractivity contribution in [1.82, 2.24) is 4.31 Å². The van der Waals surface area contributed by atoms with E-state index in [1.165, 1.54) is 4.31 Å². The van der Waals surface area contributed by atoms with Crippen LogP contribution >= 0.6 is 0 Å². The van der Waals surface area contributed by atoms with E-state index in [4.69, 9.17) is 5.73 Å². The van der Waals surface area contributed by atoms with Crippen LogP contribution in [0.25, 0.3) is 0 Å². The molecular formula is C11H16N2O3S. The Labute approximate surface area is 101 Å². The smallest absolute Gasteiger partial charge is 0.218 e. The van der Waals surface area contributed by atoms with Gasteiger partial charge >= 0.3 is 0 Å². The van der Waals surface area contributed by atoms with E-state index in [1.807, 2.05) is 0 Å². The zero-order chi connectivity index (χ0) is 12.5. The largest absolute Gasteiger partial charge is 0.399 e. The lowest BCUT2D eigenvalue weighted by Gasteiger charge is -2.15. The van der Waals surface area contributed by atoms with Gasteiger partial charge in [0.1, 0.15) is 0 Å². The van der Waals surface area contributed by atoms with Gasteiger partial charge in [-0.1, -0.05) is 12.1 Å².